The fraction of sp³-hybridized carbons (Fsp3) is 0.238. The Kier molecular flexibility index (Phi) is 5.07. The van der Waals surface area contributed by atoms with Crippen molar-refractivity contribution in [2.24, 2.45) is 0 Å². The zero-order valence-corrected chi connectivity index (χ0v) is 15.0. The maximum atomic E-state index is 12.8. The molecule has 2 atom stereocenters. The van der Waals surface area contributed by atoms with Crippen molar-refractivity contribution in [2.45, 2.75) is 19.1 Å². The Balaban J connectivity index is 1.96. The number of cyclic esters (lactones) is 1. The zero-order valence-electron chi connectivity index (χ0n) is 15.0. The monoisotopic (exact) mass is 351 g/mol. The van der Waals surface area contributed by atoms with Crippen molar-refractivity contribution in [3.05, 3.63) is 71.3 Å². The number of likely N-dealkylation sites (N-methyl/N-ethyl adjacent to an activating group) is 1. The summed E-state index contributed by atoms with van der Waals surface area (Å²) < 4.78 is 10.8. The van der Waals surface area contributed by atoms with Gasteiger partial charge in [-0.25, -0.2) is 4.79 Å². The van der Waals surface area contributed by atoms with Crippen LogP contribution < -0.4 is 4.74 Å². The fourth-order valence-electron chi connectivity index (χ4n) is 2.92. The third kappa shape index (κ3) is 3.47. The van der Waals surface area contributed by atoms with Crippen molar-refractivity contribution in [1.82, 2.24) is 4.90 Å². The van der Waals surface area contributed by atoms with Crippen LogP contribution in [0.2, 0.25) is 0 Å². The number of hydrogen-bond acceptors (Lipinski definition) is 4. The predicted molar refractivity (Wildman–Crippen MR) is 98.5 cm³/mol. The minimum Gasteiger partial charge on any atom is -0.497 e. The molecular formula is C21H21NO4. The molecule has 134 valence electrons. The lowest BCUT2D eigenvalue weighted by molar-refractivity contribution is -0.145. The topological polar surface area (TPSA) is 55.8 Å². The highest BCUT2D eigenvalue weighted by atomic mass is 16.5. The first-order valence-corrected chi connectivity index (χ1v) is 8.40. The van der Waals surface area contributed by atoms with E-state index in [-0.39, 0.29) is 17.5 Å². The summed E-state index contributed by atoms with van der Waals surface area (Å²) in [5.41, 5.74) is 1.60. The third-order valence-corrected chi connectivity index (χ3v) is 4.61. The number of benzene rings is 2. The Morgan fingerprint density at radius 3 is 2.31 bits per heavy atom. The molecule has 2 aromatic rings. The summed E-state index contributed by atoms with van der Waals surface area (Å²) in [5.74, 6) is -0.260. The third-order valence-electron chi connectivity index (χ3n) is 4.61. The van der Waals surface area contributed by atoms with Gasteiger partial charge in [-0.1, -0.05) is 42.5 Å². The first kappa shape index (κ1) is 17.7. The van der Waals surface area contributed by atoms with Crippen LogP contribution in [0.25, 0.3) is 6.08 Å². The maximum absolute atomic E-state index is 12.8. The van der Waals surface area contributed by atoms with E-state index in [1.165, 1.54) is 0 Å². The van der Waals surface area contributed by atoms with Crippen molar-refractivity contribution < 1.29 is 19.1 Å². The second kappa shape index (κ2) is 7.44. The molecule has 2 aromatic carbocycles. The summed E-state index contributed by atoms with van der Waals surface area (Å²) >= 11 is 0. The van der Waals surface area contributed by atoms with Crippen LogP contribution in [0.5, 0.6) is 5.75 Å². The molecule has 0 saturated carbocycles. The second-order valence-electron chi connectivity index (χ2n) is 6.22. The number of rotatable bonds is 3. The van der Waals surface area contributed by atoms with Gasteiger partial charge in [0.2, 0.25) is 0 Å². The first-order chi connectivity index (χ1) is 12.5. The molecule has 0 N–H and O–H groups in total. The van der Waals surface area contributed by atoms with Crippen molar-refractivity contribution >= 4 is 18.0 Å². The highest BCUT2D eigenvalue weighted by Crippen LogP contribution is 2.30. The Bertz CT molecular complexity index is 827. The van der Waals surface area contributed by atoms with E-state index in [0.29, 0.717) is 5.75 Å². The number of carbonyl (C=O) groups is 2. The molecule has 5 heteroatoms. The molecule has 0 bridgehead atoms. The van der Waals surface area contributed by atoms with E-state index in [4.69, 9.17) is 9.47 Å². The van der Waals surface area contributed by atoms with Gasteiger partial charge in [-0.05, 0) is 36.3 Å². The average molecular weight is 351 g/mol. The molecule has 1 fully saturated rings. The predicted octanol–water partition coefficient (Wildman–Crippen LogP) is 3.22. The summed E-state index contributed by atoms with van der Waals surface area (Å²) in [6.07, 6.45) is 1.04. The number of esters is 1. The van der Waals surface area contributed by atoms with Gasteiger partial charge in [-0.15, -0.1) is 0 Å². The van der Waals surface area contributed by atoms with Crippen LogP contribution in [0.1, 0.15) is 24.2 Å². The quantitative estimate of drug-likeness (QED) is 0.484. The summed E-state index contributed by atoms with van der Waals surface area (Å²) in [7, 11) is 3.27. The van der Waals surface area contributed by atoms with Crippen LogP contribution in [0, 0.1) is 0 Å². The molecule has 1 aliphatic rings. The largest absolute Gasteiger partial charge is 0.497 e. The number of hydrogen-bond donors (Lipinski definition) is 0. The lowest BCUT2D eigenvalue weighted by Gasteiger charge is -2.28. The first-order valence-electron chi connectivity index (χ1n) is 8.40. The summed E-state index contributed by atoms with van der Waals surface area (Å²) in [5, 5.41) is 0. The highest BCUT2D eigenvalue weighted by Gasteiger charge is 2.37. The number of nitrogens with zero attached hydrogens (tertiary/aromatic N) is 1. The van der Waals surface area contributed by atoms with Gasteiger partial charge in [-0.2, -0.15) is 0 Å². The van der Waals surface area contributed by atoms with Crippen molar-refractivity contribution in [3.8, 4) is 5.75 Å². The lowest BCUT2D eigenvalue weighted by Crippen LogP contribution is -2.37. The number of carbonyl (C=O) groups excluding carboxylic acids is 2. The van der Waals surface area contributed by atoms with Crippen LogP contribution in [0.15, 0.2) is 60.2 Å². The van der Waals surface area contributed by atoms with E-state index in [1.54, 1.807) is 49.4 Å². The Hall–Kier alpha value is -3.08. The minimum atomic E-state index is -0.615. The molecule has 0 aliphatic carbocycles. The van der Waals surface area contributed by atoms with Crippen LogP contribution in [-0.4, -0.2) is 37.0 Å². The SMILES string of the molecule is COc1ccc(/C=C2\C(=O)O[C@@H](c3ccccc3)[C@@H](C)N(C)C2=O)cc1. The van der Waals surface area contributed by atoms with Gasteiger partial charge >= 0.3 is 5.97 Å². The summed E-state index contributed by atoms with van der Waals surface area (Å²) in [6.45, 7) is 1.87. The van der Waals surface area contributed by atoms with E-state index in [1.807, 2.05) is 37.3 Å². The molecule has 0 aromatic heterocycles. The average Bonchev–Trinajstić information content (AvgIpc) is 2.76. The molecule has 1 heterocycles. The smallest absolute Gasteiger partial charge is 0.344 e. The van der Waals surface area contributed by atoms with Gasteiger partial charge in [0.25, 0.3) is 5.91 Å². The van der Waals surface area contributed by atoms with Crippen LogP contribution in [-0.2, 0) is 14.3 Å². The standard InChI is InChI=1S/C21H21NO4/c1-14-19(16-7-5-4-6-8-16)26-21(24)18(20(23)22(14)2)13-15-9-11-17(25-3)12-10-15/h4-14,19H,1-3H3/b18-13-/t14-,19-/m1/s1. The Morgan fingerprint density at radius 1 is 1.04 bits per heavy atom. The molecule has 0 unspecified atom stereocenters. The molecule has 0 radical (unpaired) electrons. The Morgan fingerprint density at radius 2 is 1.69 bits per heavy atom. The number of methoxy groups -OCH3 is 1. The molecule has 26 heavy (non-hydrogen) atoms. The summed E-state index contributed by atoms with van der Waals surface area (Å²) in [6, 6.07) is 16.3. The molecular weight excluding hydrogens is 330 g/mol. The van der Waals surface area contributed by atoms with Gasteiger partial charge in [0, 0.05) is 7.05 Å². The van der Waals surface area contributed by atoms with E-state index in [0.717, 1.165) is 11.1 Å². The molecule has 1 amide bonds. The second-order valence-corrected chi connectivity index (χ2v) is 6.22. The van der Waals surface area contributed by atoms with E-state index < -0.39 is 12.1 Å². The minimum absolute atomic E-state index is 0.0166. The van der Waals surface area contributed by atoms with E-state index in [9.17, 15) is 9.59 Å². The van der Waals surface area contributed by atoms with Gasteiger partial charge in [0.1, 0.15) is 17.4 Å². The maximum Gasteiger partial charge on any atom is 0.344 e. The van der Waals surface area contributed by atoms with Crippen LogP contribution >= 0.6 is 0 Å². The lowest BCUT2D eigenvalue weighted by atomic mass is 10.0. The van der Waals surface area contributed by atoms with Crippen LogP contribution in [0.3, 0.4) is 0 Å². The molecule has 1 saturated heterocycles. The van der Waals surface area contributed by atoms with Gasteiger partial charge < -0.3 is 14.4 Å². The van der Waals surface area contributed by atoms with Crippen molar-refractivity contribution in [3.63, 3.8) is 0 Å². The number of amides is 1. The molecule has 5 nitrogen and oxygen atoms in total. The molecule has 0 spiro atoms. The zero-order chi connectivity index (χ0) is 18.7. The highest BCUT2D eigenvalue weighted by molar-refractivity contribution is 6.20. The van der Waals surface area contributed by atoms with Crippen LogP contribution in [0.4, 0.5) is 0 Å². The van der Waals surface area contributed by atoms with E-state index in [2.05, 4.69) is 0 Å². The fourth-order valence-corrected chi connectivity index (χ4v) is 2.92. The van der Waals surface area contributed by atoms with E-state index >= 15 is 0 Å². The van der Waals surface area contributed by atoms with Crippen molar-refractivity contribution in [1.29, 1.82) is 0 Å². The normalized spacial score (nSPS) is 22.1. The molecule has 1 aliphatic heterocycles. The van der Waals surface area contributed by atoms with Gasteiger partial charge in [0.05, 0.1) is 13.2 Å². The number of ether oxygens (including phenoxy) is 2. The molecule has 3 rings (SSSR count). The van der Waals surface area contributed by atoms with Crippen molar-refractivity contribution in [2.75, 3.05) is 14.2 Å². The van der Waals surface area contributed by atoms with Gasteiger partial charge in [-0.3, -0.25) is 4.79 Å². The Labute approximate surface area is 152 Å². The summed E-state index contributed by atoms with van der Waals surface area (Å²) in [4.78, 5) is 27.0. The van der Waals surface area contributed by atoms with Gasteiger partial charge in [0.15, 0.2) is 0 Å².